The molecule has 0 atom stereocenters. The van der Waals surface area contributed by atoms with Crippen molar-refractivity contribution in [3.8, 4) is 11.5 Å². The molecule has 0 aliphatic carbocycles. The van der Waals surface area contributed by atoms with Gasteiger partial charge in [0.15, 0.2) is 17.5 Å². The van der Waals surface area contributed by atoms with Gasteiger partial charge in [0.05, 0.1) is 20.6 Å². The van der Waals surface area contributed by atoms with Crippen molar-refractivity contribution in [2.45, 2.75) is 25.4 Å². The third kappa shape index (κ3) is 7.43. The third-order valence-corrected chi connectivity index (χ3v) is 3.31. The summed E-state index contributed by atoms with van der Waals surface area (Å²) in [6, 6.07) is 5.71. The molecule has 0 saturated carbocycles. The van der Waals surface area contributed by atoms with Gasteiger partial charge >= 0.3 is 6.18 Å². The Labute approximate surface area is 140 Å². The van der Waals surface area contributed by atoms with Crippen LogP contribution in [0.5, 0.6) is 11.5 Å². The number of guanidine groups is 1. The van der Waals surface area contributed by atoms with Crippen LogP contribution in [0.1, 0.15) is 18.4 Å². The van der Waals surface area contributed by atoms with Gasteiger partial charge in [-0.05, 0) is 30.5 Å². The Morgan fingerprint density at radius 1 is 1.08 bits per heavy atom. The molecule has 2 N–H and O–H groups in total. The Balaban J connectivity index is 2.34. The molecule has 0 unspecified atom stereocenters. The predicted octanol–water partition coefficient (Wildman–Crippen LogP) is 2.75. The highest BCUT2D eigenvalue weighted by Crippen LogP contribution is 2.27. The third-order valence-electron chi connectivity index (χ3n) is 3.31. The molecule has 0 aliphatic heterocycles. The van der Waals surface area contributed by atoms with Crippen LogP contribution in [-0.2, 0) is 6.42 Å². The van der Waals surface area contributed by atoms with Crippen LogP contribution in [-0.4, -0.2) is 46.5 Å². The predicted molar refractivity (Wildman–Crippen MR) is 87.9 cm³/mol. The Kier molecular flexibility index (Phi) is 8.21. The summed E-state index contributed by atoms with van der Waals surface area (Å²) in [6.45, 7) is 0.402. The summed E-state index contributed by atoms with van der Waals surface area (Å²) in [5, 5.41) is 5.63. The molecule has 0 bridgehead atoms. The maximum atomic E-state index is 12.1. The number of ether oxygens (including phenoxy) is 2. The Morgan fingerprint density at radius 2 is 1.75 bits per heavy atom. The molecule has 0 radical (unpaired) electrons. The molecule has 1 rings (SSSR count). The summed E-state index contributed by atoms with van der Waals surface area (Å²) in [5.41, 5.74) is 1.09. The van der Waals surface area contributed by atoms with Gasteiger partial charge in [-0.3, -0.25) is 4.99 Å². The summed E-state index contributed by atoms with van der Waals surface area (Å²) in [5.74, 6) is 1.72. The van der Waals surface area contributed by atoms with E-state index in [0.29, 0.717) is 24.0 Å². The maximum absolute atomic E-state index is 12.1. The second-order valence-corrected chi connectivity index (χ2v) is 5.08. The molecule has 24 heavy (non-hydrogen) atoms. The van der Waals surface area contributed by atoms with E-state index in [-0.39, 0.29) is 6.54 Å². The smallest absolute Gasteiger partial charge is 0.390 e. The normalized spacial score (nSPS) is 12.0. The molecule has 0 fully saturated rings. The van der Waals surface area contributed by atoms with Gasteiger partial charge in [-0.2, -0.15) is 13.2 Å². The summed E-state index contributed by atoms with van der Waals surface area (Å²) in [7, 11) is 4.69. The van der Waals surface area contributed by atoms with E-state index >= 15 is 0 Å². The monoisotopic (exact) mass is 347 g/mol. The van der Waals surface area contributed by atoms with E-state index < -0.39 is 12.6 Å². The van der Waals surface area contributed by atoms with Crippen LogP contribution in [0.2, 0.25) is 0 Å². The molecule has 0 aromatic heterocycles. The van der Waals surface area contributed by atoms with E-state index in [1.54, 1.807) is 14.2 Å². The van der Waals surface area contributed by atoms with Gasteiger partial charge in [-0.1, -0.05) is 6.07 Å². The number of aryl methyl sites for hydroxylation is 1. The lowest BCUT2D eigenvalue weighted by Gasteiger charge is -2.13. The van der Waals surface area contributed by atoms with Crippen molar-refractivity contribution in [2.24, 2.45) is 4.99 Å². The minimum atomic E-state index is -4.17. The molecule has 5 nitrogen and oxygen atoms in total. The lowest BCUT2D eigenvalue weighted by Crippen LogP contribution is -2.39. The number of methoxy groups -OCH3 is 2. The van der Waals surface area contributed by atoms with E-state index in [2.05, 4.69) is 15.6 Å². The van der Waals surface area contributed by atoms with Gasteiger partial charge < -0.3 is 20.1 Å². The molecular formula is C16H24F3N3O2. The van der Waals surface area contributed by atoms with Gasteiger partial charge in [0.1, 0.15) is 0 Å². The number of aliphatic imine (C=N–C) groups is 1. The molecule has 0 heterocycles. The largest absolute Gasteiger partial charge is 0.493 e. The first-order chi connectivity index (χ1) is 11.4. The van der Waals surface area contributed by atoms with Gasteiger partial charge in [0, 0.05) is 20.1 Å². The molecule has 0 aliphatic rings. The fourth-order valence-electron chi connectivity index (χ4n) is 2.08. The maximum Gasteiger partial charge on any atom is 0.390 e. The molecule has 1 aromatic carbocycles. The fraction of sp³-hybridized carbons (Fsp3) is 0.562. The van der Waals surface area contributed by atoms with Crippen LogP contribution in [0.3, 0.4) is 0 Å². The van der Waals surface area contributed by atoms with Crippen molar-refractivity contribution in [2.75, 3.05) is 34.4 Å². The number of rotatable bonds is 8. The summed E-state index contributed by atoms with van der Waals surface area (Å²) >= 11 is 0. The van der Waals surface area contributed by atoms with Crippen molar-refractivity contribution in [1.82, 2.24) is 10.6 Å². The fourth-order valence-corrected chi connectivity index (χ4v) is 2.08. The first kappa shape index (κ1) is 19.9. The number of nitrogens with one attached hydrogen (secondary N) is 2. The lowest BCUT2D eigenvalue weighted by molar-refractivity contribution is -0.132. The number of nitrogens with zero attached hydrogens (tertiary/aromatic N) is 1. The number of halogens is 3. The first-order valence-corrected chi connectivity index (χ1v) is 7.61. The van der Waals surface area contributed by atoms with Crippen LogP contribution in [0.25, 0.3) is 0 Å². The van der Waals surface area contributed by atoms with Crippen LogP contribution in [0.4, 0.5) is 13.2 Å². The van der Waals surface area contributed by atoms with E-state index in [1.807, 2.05) is 18.2 Å². The average Bonchev–Trinajstić information content (AvgIpc) is 2.55. The first-order valence-electron chi connectivity index (χ1n) is 7.61. The second kappa shape index (κ2) is 9.89. The molecule has 136 valence electrons. The molecule has 1 aromatic rings. The summed E-state index contributed by atoms with van der Waals surface area (Å²) in [4.78, 5) is 3.89. The average molecular weight is 347 g/mol. The van der Waals surface area contributed by atoms with Crippen LogP contribution in [0, 0.1) is 0 Å². The van der Waals surface area contributed by atoms with Gasteiger partial charge in [-0.25, -0.2) is 0 Å². The minimum absolute atomic E-state index is 0.196. The Morgan fingerprint density at radius 3 is 2.33 bits per heavy atom. The highest BCUT2D eigenvalue weighted by molar-refractivity contribution is 5.79. The SMILES string of the molecule is CN=C(NCCCc1ccc(OC)c(OC)c1)NCCC(F)(F)F. The number of hydrogen-bond acceptors (Lipinski definition) is 3. The topological polar surface area (TPSA) is 54.9 Å². The van der Waals surface area contributed by atoms with E-state index in [9.17, 15) is 13.2 Å². The molecule has 0 amide bonds. The molecular weight excluding hydrogens is 323 g/mol. The van der Waals surface area contributed by atoms with Crippen molar-refractivity contribution >= 4 is 5.96 Å². The molecule has 0 spiro atoms. The van der Waals surface area contributed by atoms with Gasteiger partial charge in [-0.15, -0.1) is 0 Å². The van der Waals surface area contributed by atoms with Gasteiger partial charge in [0.2, 0.25) is 0 Å². The zero-order valence-electron chi connectivity index (χ0n) is 14.2. The lowest BCUT2D eigenvalue weighted by atomic mass is 10.1. The van der Waals surface area contributed by atoms with Gasteiger partial charge in [0.25, 0.3) is 0 Å². The van der Waals surface area contributed by atoms with Crippen LogP contribution >= 0.6 is 0 Å². The summed E-state index contributed by atoms with van der Waals surface area (Å²) < 4.78 is 46.7. The van der Waals surface area contributed by atoms with Crippen molar-refractivity contribution in [3.05, 3.63) is 23.8 Å². The Bertz CT molecular complexity index is 534. The van der Waals surface area contributed by atoms with E-state index in [4.69, 9.17) is 9.47 Å². The standard InChI is InChI=1S/C16H24F3N3O2/c1-20-15(22-10-8-16(17,18)19)21-9-4-5-12-6-7-13(23-2)14(11-12)24-3/h6-7,11H,4-5,8-10H2,1-3H3,(H2,20,21,22). The van der Waals surface area contributed by atoms with Crippen LogP contribution in [0.15, 0.2) is 23.2 Å². The number of alkyl halides is 3. The number of benzene rings is 1. The van der Waals surface area contributed by atoms with Crippen LogP contribution < -0.4 is 20.1 Å². The second-order valence-electron chi connectivity index (χ2n) is 5.08. The molecule has 8 heteroatoms. The van der Waals surface area contributed by atoms with Crippen molar-refractivity contribution < 1.29 is 22.6 Å². The Hall–Kier alpha value is -2.12. The number of hydrogen-bond donors (Lipinski definition) is 2. The van der Waals surface area contributed by atoms with E-state index in [0.717, 1.165) is 18.4 Å². The molecule has 0 saturated heterocycles. The summed E-state index contributed by atoms with van der Waals surface area (Å²) in [6.07, 6.45) is -3.46. The zero-order valence-corrected chi connectivity index (χ0v) is 14.2. The minimum Gasteiger partial charge on any atom is -0.493 e. The zero-order chi connectivity index (χ0) is 18.0. The van der Waals surface area contributed by atoms with Crippen molar-refractivity contribution in [1.29, 1.82) is 0 Å². The van der Waals surface area contributed by atoms with E-state index in [1.165, 1.54) is 7.05 Å². The highest BCUT2D eigenvalue weighted by atomic mass is 19.4. The quantitative estimate of drug-likeness (QED) is 0.431. The van der Waals surface area contributed by atoms with Crippen molar-refractivity contribution in [3.63, 3.8) is 0 Å². The highest BCUT2D eigenvalue weighted by Gasteiger charge is 2.26.